The van der Waals surface area contributed by atoms with E-state index in [9.17, 15) is 0 Å². The molecule has 3 rings (SSSR count). The highest BCUT2D eigenvalue weighted by molar-refractivity contribution is 5.91. The van der Waals surface area contributed by atoms with Crippen molar-refractivity contribution in [2.75, 3.05) is 0 Å². The molecule has 1 fully saturated rings. The van der Waals surface area contributed by atoms with Crippen LogP contribution in [0.4, 0.5) is 0 Å². The molecule has 2 aliphatic carbocycles. The van der Waals surface area contributed by atoms with E-state index in [1.54, 1.807) is 0 Å². The van der Waals surface area contributed by atoms with Crippen molar-refractivity contribution in [3.8, 4) is 0 Å². The summed E-state index contributed by atoms with van der Waals surface area (Å²) in [5.41, 5.74) is 10.2. The van der Waals surface area contributed by atoms with E-state index in [0.29, 0.717) is 12.0 Å². The zero-order valence-corrected chi connectivity index (χ0v) is 14.6. The number of nitrogens with zero attached hydrogens (tertiary/aromatic N) is 1. The fourth-order valence-corrected chi connectivity index (χ4v) is 3.86. The standard InChI is InChI=1S/C21H28N2/c1-15-13-16(2)21(17(15)3)20-12-8-7-9-18(20)14-22-23-19-10-5-4-6-11-19/h7-9,12-14,17,19,23H,4-6,10-11H2,1-3H3/b22-14+. The summed E-state index contributed by atoms with van der Waals surface area (Å²) < 4.78 is 0. The van der Waals surface area contributed by atoms with Gasteiger partial charge in [-0.25, -0.2) is 0 Å². The summed E-state index contributed by atoms with van der Waals surface area (Å²) in [6.45, 7) is 6.74. The Hall–Kier alpha value is -1.83. The second kappa shape index (κ2) is 7.16. The number of hydrogen-bond donors (Lipinski definition) is 1. The Bertz CT molecular complexity index is 646. The van der Waals surface area contributed by atoms with Gasteiger partial charge in [0.1, 0.15) is 0 Å². The first kappa shape index (κ1) is 16.0. The van der Waals surface area contributed by atoms with Crippen LogP contribution in [0.25, 0.3) is 5.57 Å². The number of benzene rings is 1. The Kier molecular flexibility index (Phi) is 5.00. The molecule has 0 radical (unpaired) electrons. The maximum Gasteiger partial charge on any atom is 0.0546 e. The van der Waals surface area contributed by atoms with Crippen LogP contribution in [0.1, 0.15) is 64.0 Å². The minimum atomic E-state index is 0.496. The normalized spacial score (nSPS) is 22.7. The van der Waals surface area contributed by atoms with Gasteiger partial charge in [-0.3, -0.25) is 0 Å². The number of allylic oxidation sites excluding steroid dienone is 4. The lowest BCUT2D eigenvalue weighted by Gasteiger charge is -2.21. The molecule has 1 unspecified atom stereocenters. The van der Waals surface area contributed by atoms with Crippen molar-refractivity contribution in [2.45, 2.75) is 58.9 Å². The lowest BCUT2D eigenvalue weighted by Crippen LogP contribution is -2.26. The SMILES string of the molecule is CC1=CC(C)=C(c2ccccc2/C=N/NC2CCCCC2)C1C. The van der Waals surface area contributed by atoms with Gasteiger partial charge in [0.25, 0.3) is 0 Å². The topological polar surface area (TPSA) is 24.4 Å². The lowest BCUT2D eigenvalue weighted by molar-refractivity contribution is 0.381. The van der Waals surface area contributed by atoms with Crippen LogP contribution in [-0.2, 0) is 0 Å². The zero-order chi connectivity index (χ0) is 16.2. The Morgan fingerprint density at radius 3 is 2.52 bits per heavy atom. The third-order valence-electron chi connectivity index (χ3n) is 5.30. The minimum absolute atomic E-state index is 0.496. The average Bonchev–Trinajstić information content (AvgIpc) is 2.82. The molecule has 1 aromatic carbocycles. The van der Waals surface area contributed by atoms with Crippen molar-refractivity contribution in [3.63, 3.8) is 0 Å². The molecule has 0 heterocycles. The minimum Gasteiger partial charge on any atom is -0.307 e. The summed E-state index contributed by atoms with van der Waals surface area (Å²) in [5, 5.41) is 4.55. The van der Waals surface area contributed by atoms with E-state index in [1.165, 1.54) is 60.0 Å². The van der Waals surface area contributed by atoms with E-state index in [0.717, 1.165) is 0 Å². The van der Waals surface area contributed by atoms with Gasteiger partial charge in [-0.15, -0.1) is 0 Å². The highest BCUT2D eigenvalue weighted by Crippen LogP contribution is 2.38. The molecule has 2 nitrogen and oxygen atoms in total. The number of hydrazone groups is 1. The summed E-state index contributed by atoms with van der Waals surface area (Å²) in [7, 11) is 0. The molecular formula is C21H28N2. The maximum absolute atomic E-state index is 4.55. The average molecular weight is 308 g/mol. The molecular weight excluding hydrogens is 280 g/mol. The van der Waals surface area contributed by atoms with E-state index < -0.39 is 0 Å². The third-order valence-corrected chi connectivity index (χ3v) is 5.30. The first-order chi connectivity index (χ1) is 11.2. The van der Waals surface area contributed by atoms with Crippen LogP contribution < -0.4 is 5.43 Å². The van der Waals surface area contributed by atoms with Crippen molar-refractivity contribution >= 4 is 11.8 Å². The largest absolute Gasteiger partial charge is 0.307 e. The molecule has 0 aliphatic heterocycles. The molecule has 1 saturated carbocycles. The van der Waals surface area contributed by atoms with Crippen LogP contribution in [0.15, 0.2) is 46.6 Å². The fourth-order valence-electron chi connectivity index (χ4n) is 3.86. The number of rotatable bonds is 4. The van der Waals surface area contributed by atoms with Gasteiger partial charge < -0.3 is 5.43 Å². The van der Waals surface area contributed by atoms with E-state index >= 15 is 0 Å². The summed E-state index contributed by atoms with van der Waals surface area (Å²) in [4.78, 5) is 0. The maximum atomic E-state index is 4.55. The van der Waals surface area contributed by atoms with E-state index in [-0.39, 0.29) is 0 Å². The van der Waals surface area contributed by atoms with Crippen molar-refractivity contribution in [3.05, 3.63) is 52.6 Å². The number of nitrogens with one attached hydrogen (secondary N) is 1. The Balaban J connectivity index is 1.77. The Labute approximate surface area is 140 Å². The summed E-state index contributed by atoms with van der Waals surface area (Å²) in [5.74, 6) is 0.496. The third kappa shape index (κ3) is 3.57. The van der Waals surface area contributed by atoms with Crippen molar-refractivity contribution in [2.24, 2.45) is 11.0 Å². The van der Waals surface area contributed by atoms with Crippen LogP contribution in [0.3, 0.4) is 0 Å². The Morgan fingerprint density at radius 1 is 1.09 bits per heavy atom. The predicted molar refractivity (Wildman–Crippen MR) is 99.6 cm³/mol. The summed E-state index contributed by atoms with van der Waals surface area (Å²) in [6, 6.07) is 9.18. The molecule has 1 aromatic rings. The molecule has 2 heteroatoms. The van der Waals surface area contributed by atoms with Gasteiger partial charge in [0.15, 0.2) is 0 Å². The van der Waals surface area contributed by atoms with Crippen LogP contribution >= 0.6 is 0 Å². The zero-order valence-electron chi connectivity index (χ0n) is 14.6. The second-order valence-corrected chi connectivity index (χ2v) is 7.02. The molecule has 0 saturated heterocycles. The summed E-state index contributed by atoms with van der Waals surface area (Å²) >= 11 is 0. The van der Waals surface area contributed by atoms with Crippen molar-refractivity contribution in [1.29, 1.82) is 0 Å². The molecule has 0 aromatic heterocycles. The van der Waals surface area contributed by atoms with E-state index in [4.69, 9.17) is 0 Å². The van der Waals surface area contributed by atoms with Crippen LogP contribution in [0.5, 0.6) is 0 Å². The Morgan fingerprint density at radius 2 is 1.83 bits per heavy atom. The predicted octanol–water partition coefficient (Wildman–Crippen LogP) is 5.31. The van der Waals surface area contributed by atoms with Crippen LogP contribution in [-0.4, -0.2) is 12.3 Å². The molecule has 23 heavy (non-hydrogen) atoms. The van der Waals surface area contributed by atoms with Crippen molar-refractivity contribution in [1.82, 2.24) is 5.43 Å². The van der Waals surface area contributed by atoms with Gasteiger partial charge >= 0.3 is 0 Å². The second-order valence-electron chi connectivity index (χ2n) is 7.02. The molecule has 122 valence electrons. The van der Waals surface area contributed by atoms with Crippen LogP contribution in [0.2, 0.25) is 0 Å². The summed E-state index contributed by atoms with van der Waals surface area (Å²) in [6.07, 6.45) is 10.9. The first-order valence-electron chi connectivity index (χ1n) is 8.94. The van der Waals surface area contributed by atoms with Gasteiger partial charge in [0, 0.05) is 17.5 Å². The molecule has 1 atom stereocenters. The van der Waals surface area contributed by atoms with E-state index in [1.807, 2.05) is 6.21 Å². The van der Waals surface area contributed by atoms with Gasteiger partial charge in [-0.2, -0.15) is 5.10 Å². The smallest absolute Gasteiger partial charge is 0.0546 e. The van der Waals surface area contributed by atoms with Gasteiger partial charge in [-0.1, -0.05) is 62.1 Å². The monoisotopic (exact) mass is 308 g/mol. The lowest BCUT2D eigenvalue weighted by atomic mass is 9.89. The van der Waals surface area contributed by atoms with Gasteiger partial charge in [0.2, 0.25) is 0 Å². The molecule has 0 spiro atoms. The van der Waals surface area contributed by atoms with E-state index in [2.05, 4.69) is 61.6 Å². The molecule has 1 N–H and O–H groups in total. The fraction of sp³-hybridized carbons (Fsp3) is 0.476. The quantitative estimate of drug-likeness (QED) is 0.591. The highest BCUT2D eigenvalue weighted by Gasteiger charge is 2.22. The molecule has 2 aliphatic rings. The highest BCUT2D eigenvalue weighted by atomic mass is 15.3. The van der Waals surface area contributed by atoms with Crippen LogP contribution in [0, 0.1) is 5.92 Å². The number of hydrogen-bond acceptors (Lipinski definition) is 2. The molecule has 0 bridgehead atoms. The first-order valence-corrected chi connectivity index (χ1v) is 8.94. The van der Waals surface area contributed by atoms with Crippen molar-refractivity contribution < 1.29 is 0 Å². The van der Waals surface area contributed by atoms with Gasteiger partial charge in [0.05, 0.1) is 6.21 Å². The molecule has 0 amide bonds. The van der Waals surface area contributed by atoms with Gasteiger partial charge in [-0.05, 0) is 43.4 Å².